The number of benzene rings is 2. The van der Waals surface area contributed by atoms with Gasteiger partial charge in [-0.25, -0.2) is 0 Å². The van der Waals surface area contributed by atoms with E-state index in [2.05, 4.69) is 5.32 Å². The summed E-state index contributed by atoms with van der Waals surface area (Å²) in [6.07, 6.45) is -0.376. The standard InChI is InChI=1S/C17H16N2O5/c1-11-5-7-12(8-6-11)17(22)18-15(10-16(20)21)13-3-2-4-14(9-13)19(23)24/h2-9,15H,10H2,1H3,(H,18,22)(H,20,21)/t15-/m0/s1. The second-order valence-corrected chi connectivity index (χ2v) is 5.34. The van der Waals surface area contributed by atoms with E-state index in [1.807, 2.05) is 6.92 Å². The van der Waals surface area contributed by atoms with Gasteiger partial charge < -0.3 is 10.4 Å². The number of carboxylic acids is 1. The molecule has 7 nitrogen and oxygen atoms in total. The van der Waals surface area contributed by atoms with Crippen LogP contribution in [-0.4, -0.2) is 21.9 Å². The molecule has 2 aromatic carbocycles. The fraction of sp³-hybridized carbons (Fsp3) is 0.176. The summed E-state index contributed by atoms with van der Waals surface area (Å²) < 4.78 is 0. The molecule has 124 valence electrons. The van der Waals surface area contributed by atoms with Gasteiger partial charge in [0.2, 0.25) is 0 Å². The van der Waals surface area contributed by atoms with Gasteiger partial charge >= 0.3 is 5.97 Å². The van der Waals surface area contributed by atoms with Gasteiger partial charge in [0.05, 0.1) is 17.4 Å². The highest BCUT2D eigenvalue weighted by Crippen LogP contribution is 2.22. The van der Waals surface area contributed by atoms with Crippen LogP contribution in [0.25, 0.3) is 0 Å². The number of carbonyl (C=O) groups excluding carboxylic acids is 1. The number of carboxylic acid groups (broad SMARTS) is 1. The van der Waals surface area contributed by atoms with Crippen LogP contribution in [0.15, 0.2) is 48.5 Å². The van der Waals surface area contributed by atoms with E-state index < -0.39 is 22.8 Å². The first-order valence-corrected chi connectivity index (χ1v) is 7.20. The molecule has 2 N–H and O–H groups in total. The summed E-state index contributed by atoms with van der Waals surface area (Å²) in [6.45, 7) is 1.89. The Morgan fingerprint density at radius 3 is 2.46 bits per heavy atom. The van der Waals surface area contributed by atoms with Gasteiger partial charge in [0, 0.05) is 17.7 Å². The molecule has 0 radical (unpaired) electrons. The number of nitrogens with one attached hydrogen (secondary N) is 1. The molecule has 0 saturated carbocycles. The number of non-ortho nitro benzene ring substituents is 1. The minimum absolute atomic E-state index is 0.160. The Morgan fingerprint density at radius 2 is 1.88 bits per heavy atom. The van der Waals surface area contributed by atoms with Crippen LogP contribution in [0, 0.1) is 17.0 Å². The number of rotatable bonds is 6. The number of hydrogen-bond donors (Lipinski definition) is 2. The SMILES string of the molecule is Cc1ccc(C(=O)N[C@@H](CC(=O)O)c2cccc([N+](=O)[O-])c2)cc1. The molecule has 0 bridgehead atoms. The lowest BCUT2D eigenvalue weighted by molar-refractivity contribution is -0.384. The number of aryl methyl sites for hydroxylation is 1. The Labute approximate surface area is 138 Å². The van der Waals surface area contributed by atoms with Crippen molar-refractivity contribution in [3.05, 3.63) is 75.3 Å². The molecule has 2 aromatic rings. The molecule has 1 amide bonds. The topological polar surface area (TPSA) is 110 Å². The van der Waals surface area contributed by atoms with E-state index in [9.17, 15) is 19.7 Å². The Morgan fingerprint density at radius 1 is 1.21 bits per heavy atom. The van der Waals surface area contributed by atoms with Crippen LogP contribution in [0.1, 0.15) is 33.9 Å². The van der Waals surface area contributed by atoms with Gasteiger partial charge in [-0.2, -0.15) is 0 Å². The van der Waals surface area contributed by atoms with Gasteiger partial charge in [0.25, 0.3) is 11.6 Å². The molecule has 0 aromatic heterocycles. The number of aliphatic carboxylic acids is 1. The Hall–Kier alpha value is -3.22. The van der Waals surface area contributed by atoms with Gasteiger partial charge in [-0.1, -0.05) is 29.8 Å². The van der Waals surface area contributed by atoms with E-state index in [1.165, 1.54) is 18.2 Å². The molecule has 2 rings (SSSR count). The highest BCUT2D eigenvalue weighted by Gasteiger charge is 2.20. The van der Waals surface area contributed by atoms with Crippen LogP contribution in [-0.2, 0) is 4.79 Å². The number of carbonyl (C=O) groups is 2. The maximum atomic E-state index is 12.3. The minimum Gasteiger partial charge on any atom is -0.481 e. The number of amides is 1. The van der Waals surface area contributed by atoms with Gasteiger partial charge in [-0.05, 0) is 24.6 Å². The lowest BCUT2D eigenvalue weighted by Crippen LogP contribution is -2.30. The molecule has 0 fully saturated rings. The summed E-state index contributed by atoms with van der Waals surface area (Å²) in [5.74, 6) is -1.55. The maximum Gasteiger partial charge on any atom is 0.305 e. The number of hydrogen-bond acceptors (Lipinski definition) is 4. The summed E-state index contributed by atoms with van der Waals surface area (Å²) in [4.78, 5) is 33.7. The van der Waals surface area contributed by atoms with Crippen molar-refractivity contribution in [3.63, 3.8) is 0 Å². The zero-order valence-electron chi connectivity index (χ0n) is 12.9. The van der Waals surface area contributed by atoms with E-state index in [4.69, 9.17) is 5.11 Å². The Balaban J connectivity index is 2.26. The van der Waals surface area contributed by atoms with Gasteiger partial charge in [0.15, 0.2) is 0 Å². The van der Waals surface area contributed by atoms with Crippen molar-refractivity contribution in [3.8, 4) is 0 Å². The molecule has 1 atom stereocenters. The molecule has 0 aliphatic carbocycles. The summed E-state index contributed by atoms with van der Waals surface area (Å²) in [6, 6.07) is 11.5. The maximum absolute atomic E-state index is 12.3. The lowest BCUT2D eigenvalue weighted by atomic mass is 10.0. The number of nitrogens with zero attached hydrogens (tertiary/aromatic N) is 1. The third-order valence-electron chi connectivity index (χ3n) is 3.48. The highest BCUT2D eigenvalue weighted by atomic mass is 16.6. The third-order valence-corrected chi connectivity index (χ3v) is 3.48. The van der Waals surface area contributed by atoms with Crippen LogP contribution in [0.5, 0.6) is 0 Å². The first-order valence-electron chi connectivity index (χ1n) is 7.20. The van der Waals surface area contributed by atoms with E-state index in [0.717, 1.165) is 5.56 Å². The van der Waals surface area contributed by atoms with Crippen molar-refractivity contribution >= 4 is 17.6 Å². The summed E-state index contributed by atoms with van der Waals surface area (Å²) in [5, 5.41) is 22.6. The smallest absolute Gasteiger partial charge is 0.305 e. The van der Waals surface area contributed by atoms with Crippen molar-refractivity contribution in [2.45, 2.75) is 19.4 Å². The van der Waals surface area contributed by atoms with E-state index in [0.29, 0.717) is 11.1 Å². The van der Waals surface area contributed by atoms with Crippen LogP contribution >= 0.6 is 0 Å². The lowest BCUT2D eigenvalue weighted by Gasteiger charge is -2.17. The zero-order chi connectivity index (χ0) is 17.7. The molecule has 0 aliphatic rings. The third kappa shape index (κ3) is 4.39. The molecule has 0 aliphatic heterocycles. The fourth-order valence-corrected chi connectivity index (χ4v) is 2.23. The van der Waals surface area contributed by atoms with E-state index in [-0.39, 0.29) is 12.1 Å². The highest BCUT2D eigenvalue weighted by molar-refractivity contribution is 5.94. The fourth-order valence-electron chi connectivity index (χ4n) is 2.23. The van der Waals surface area contributed by atoms with Crippen molar-refractivity contribution in [1.82, 2.24) is 5.32 Å². The molecule has 7 heteroatoms. The van der Waals surface area contributed by atoms with Gasteiger partial charge in [0.1, 0.15) is 0 Å². The predicted octanol–water partition coefficient (Wildman–Crippen LogP) is 2.85. The van der Waals surface area contributed by atoms with Crippen LogP contribution in [0.2, 0.25) is 0 Å². The second kappa shape index (κ2) is 7.36. The van der Waals surface area contributed by atoms with Crippen molar-refractivity contribution in [2.24, 2.45) is 0 Å². The summed E-state index contributed by atoms with van der Waals surface area (Å²) in [5.41, 5.74) is 1.59. The zero-order valence-corrected chi connectivity index (χ0v) is 12.9. The largest absolute Gasteiger partial charge is 0.481 e. The van der Waals surface area contributed by atoms with E-state index >= 15 is 0 Å². The Bertz CT molecular complexity index is 771. The summed E-state index contributed by atoms with van der Waals surface area (Å²) >= 11 is 0. The number of nitro benzene ring substituents is 1. The normalized spacial score (nSPS) is 11.5. The molecule has 0 unspecified atom stereocenters. The van der Waals surface area contributed by atoms with E-state index in [1.54, 1.807) is 30.3 Å². The first-order chi connectivity index (χ1) is 11.4. The molecule has 0 spiro atoms. The second-order valence-electron chi connectivity index (χ2n) is 5.34. The number of nitro groups is 1. The molecule has 0 heterocycles. The monoisotopic (exact) mass is 328 g/mol. The average molecular weight is 328 g/mol. The van der Waals surface area contributed by atoms with Gasteiger partial charge in [-0.3, -0.25) is 19.7 Å². The van der Waals surface area contributed by atoms with Gasteiger partial charge in [-0.15, -0.1) is 0 Å². The molecular weight excluding hydrogens is 312 g/mol. The predicted molar refractivity (Wildman–Crippen MR) is 86.7 cm³/mol. The molecule has 24 heavy (non-hydrogen) atoms. The van der Waals surface area contributed by atoms with Crippen molar-refractivity contribution in [1.29, 1.82) is 0 Å². The van der Waals surface area contributed by atoms with Crippen molar-refractivity contribution < 1.29 is 19.6 Å². The van der Waals surface area contributed by atoms with Crippen LogP contribution in [0.4, 0.5) is 5.69 Å². The minimum atomic E-state index is -1.12. The molecular formula is C17H16N2O5. The first kappa shape index (κ1) is 17.1. The van der Waals surface area contributed by atoms with Crippen LogP contribution < -0.4 is 5.32 Å². The summed E-state index contributed by atoms with van der Waals surface area (Å²) in [7, 11) is 0. The molecule has 0 saturated heterocycles. The van der Waals surface area contributed by atoms with Crippen LogP contribution in [0.3, 0.4) is 0 Å². The Kier molecular flexibility index (Phi) is 5.26. The van der Waals surface area contributed by atoms with Crippen molar-refractivity contribution in [2.75, 3.05) is 0 Å². The average Bonchev–Trinajstić information content (AvgIpc) is 2.54. The quantitative estimate of drug-likeness (QED) is 0.626.